The Kier molecular flexibility index (Phi) is 8.91. The molecule has 0 saturated carbocycles. The van der Waals surface area contributed by atoms with E-state index in [0.29, 0.717) is 0 Å². The van der Waals surface area contributed by atoms with Gasteiger partial charge in [0.25, 0.3) is 0 Å². The summed E-state index contributed by atoms with van der Waals surface area (Å²) in [4.78, 5) is 30.9. The Morgan fingerprint density at radius 2 is 2.08 bits per heavy atom. The average Bonchev–Trinajstić information content (AvgIpc) is 1.97. The molecule has 0 spiro atoms. The van der Waals surface area contributed by atoms with Crippen LogP contribution in [0.1, 0.15) is 19.8 Å². The van der Waals surface area contributed by atoms with Gasteiger partial charge in [-0.15, -0.1) is 0 Å². The van der Waals surface area contributed by atoms with E-state index >= 15 is 0 Å². The van der Waals surface area contributed by atoms with Crippen molar-refractivity contribution in [2.45, 2.75) is 25.8 Å². The largest absolute Gasteiger partial charge is 0.540 e. The van der Waals surface area contributed by atoms with Crippen LogP contribution < -0.4 is 11.1 Å². The van der Waals surface area contributed by atoms with Gasteiger partial charge in [-0.25, -0.2) is 6.29 Å². The summed E-state index contributed by atoms with van der Waals surface area (Å²) in [5.41, 5.74) is 4.84. The van der Waals surface area contributed by atoms with Crippen LogP contribution in [0.3, 0.4) is 0 Å². The molecular weight excluding hydrogens is 225 g/mol. The summed E-state index contributed by atoms with van der Waals surface area (Å²) in [6.07, 6.45) is 1.88. The van der Waals surface area contributed by atoms with Gasteiger partial charge in [-0.1, -0.05) is 6.04 Å². The van der Waals surface area contributed by atoms with Crippen molar-refractivity contribution in [2.75, 3.05) is 0 Å². The molecule has 0 rings (SSSR count). The topological polar surface area (TPSA) is 89.3 Å². The van der Waals surface area contributed by atoms with E-state index in [0.717, 1.165) is 0 Å². The van der Waals surface area contributed by atoms with Gasteiger partial charge < -0.3 is 15.8 Å². The summed E-state index contributed by atoms with van der Waals surface area (Å²) >= 11 is 0. The molecule has 0 radical (unpaired) electrons. The molecule has 5 nitrogen and oxygen atoms in total. The second-order valence-electron chi connectivity index (χ2n) is 2.38. The number of nitrogens with one attached hydrogen (secondary N) is 1. The minimum atomic E-state index is -0.727. The van der Waals surface area contributed by atoms with Gasteiger partial charge in [0.1, 0.15) is 0 Å². The van der Waals surface area contributed by atoms with E-state index in [1.807, 2.05) is 0 Å². The van der Waals surface area contributed by atoms with E-state index in [4.69, 9.17) is 5.73 Å². The van der Waals surface area contributed by atoms with Gasteiger partial charge in [0.05, 0.1) is 0 Å². The van der Waals surface area contributed by atoms with Gasteiger partial charge in [0, 0.05) is 32.8 Å². The Morgan fingerprint density at radius 3 is 2.38 bits per heavy atom. The minimum absolute atomic E-state index is 0. The molecule has 0 aromatic carbocycles. The summed E-state index contributed by atoms with van der Waals surface area (Å²) in [7, 11) is 0. The summed E-state index contributed by atoms with van der Waals surface area (Å²) in [6.45, 7) is 1.29. The molecular formula is C7H11N2O3Zn-. The molecule has 0 aliphatic carbocycles. The van der Waals surface area contributed by atoms with Crippen molar-refractivity contribution < 1.29 is 33.9 Å². The van der Waals surface area contributed by atoms with E-state index in [9.17, 15) is 14.4 Å². The summed E-state index contributed by atoms with van der Waals surface area (Å²) < 4.78 is 0. The first-order chi connectivity index (χ1) is 5.56. The molecule has 0 aromatic heterocycles. The fraction of sp³-hybridized carbons (Fsp3) is 0.571. The first-order valence-electron chi connectivity index (χ1n) is 3.49. The van der Waals surface area contributed by atoms with Crippen LogP contribution in [0.5, 0.6) is 0 Å². The van der Waals surface area contributed by atoms with Crippen LogP contribution in [-0.4, -0.2) is 24.1 Å². The fourth-order valence-corrected chi connectivity index (χ4v) is 0.693. The monoisotopic (exact) mass is 235 g/mol. The molecule has 1 unspecified atom stereocenters. The molecule has 0 aliphatic rings. The maximum absolute atomic E-state index is 10.5. The third-order valence-electron chi connectivity index (χ3n) is 1.20. The van der Waals surface area contributed by atoms with Gasteiger partial charge in [-0.3, -0.25) is 9.59 Å². The molecule has 2 amide bonds. The van der Waals surface area contributed by atoms with E-state index in [-0.39, 0.29) is 38.2 Å². The number of amides is 2. The molecule has 1 atom stereocenters. The summed E-state index contributed by atoms with van der Waals surface area (Å²) in [5.74, 6) is -0.826. The minimum Gasteiger partial charge on any atom is -0.540 e. The number of primary amides is 1. The second-order valence-corrected chi connectivity index (χ2v) is 2.38. The number of carbonyl (C=O) groups excluding carboxylic acids is 3. The van der Waals surface area contributed by atoms with E-state index in [1.54, 1.807) is 6.29 Å². The van der Waals surface area contributed by atoms with Crippen LogP contribution in [0.15, 0.2) is 0 Å². The van der Waals surface area contributed by atoms with Crippen LogP contribution in [0.25, 0.3) is 0 Å². The third kappa shape index (κ3) is 9.15. The fourth-order valence-electron chi connectivity index (χ4n) is 0.693. The molecule has 0 bridgehead atoms. The molecule has 0 aromatic rings. The Morgan fingerprint density at radius 1 is 1.54 bits per heavy atom. The molecule has 0 heterocycles. The van der Waals surface area contributed by atoms with Gasteiger partial charge in [0.15, 0.2) is 0 Å². The summed E-state index contributed by atoms with van der Waals surface area (Å²) in [5, 5.41) is 2.31. The molecule has 0 aliphatic heterocycles. The van der Waals surface area contributed by atoms with Crippen LogP contribution in [0, 0.1) is 0 Å². The van der Waals surface area contributed by atoms with E-state index in [1.165, 1.54) is 6.92 Å². The number of hydrogen-bond acceptors (Lipinski definition) is 3. The zero-order chi connectivity index (χ0) is 9.56. The number of rotatable bonds is 5. The predicted octanol–water partition coefficient (Wildman–Crippen LogP) is -1.14. The van der Waals surface area contributed by atoms with Crippen LogP contribution >= 0.6 is 0 Å². The van der Waals surface area contributed by atoms with Crippen LogP contribution in [0.4, 0.5) is 0 Å². The van der Waals surface area contributed by atoms with Crippen molar-refractivity contribution in [3.63, 3.8) is 0 Å². The molecule has 3 N–H and O–H groups in total. The number of nitrogens with two attached hydrogens (primary N) is 1. The molecule has 0 fully saturated rings. The predicted molar refractivity (Wildman–Crippen MR) is 41.7 cm³/mol. The SMILES string of the molecule is CC(=O)NC([C-]=O)CCC(N)=O.[Zn]. The summed E-state index contributed by atoms with van der Waals surface area (Å²) in [6, 6.07) is -0.727. The number of carbonyl (C=O) groups is 2. The first-order valence-corrected chi connectivity index (χ1v) is 3.49. The second kappa shape index (κ2) is 7.86. The van der Waals surface area contributed by atoms with Gasteiger partial charge in [-0.2, -0.15) is 0 Å². The van der Waals surface area contributed by atoms with Crippen LogP contribution in [0.2, 0.25) is 0 Å². The Bertz CT molecular complexity index is 196. The Labute approximate surface area is 89.2 Å². The van der Waals surface area contributed by atoms with Crippen molar-refractivity contribution in [1.29, 1.82) is 0 Å². The average molecular weight is 237 g/mol. The maximum Gasteiger partial charge on any atom is 0.217 e. The normalized spacial score (nSPS) is 10.8. The van der Waals surface area contributed by atoms with E-state index < -0.39 is 11.9 Å². The zero-order valence-electron chi connectivity index (χ0n) is 7.50. The van der Waals surface area contributed by atoms with Crippen LogP contribution in [-0.2, 0) is 33.9 Å². The molecule has 70 valence electrons. The van der Waals surface area contributed by atoms with E-state index in [2.05, 4.69) is 5.32 Å². The quantitative estimate of drug-likeness (QED) is 0.467. The maximum atomic E-state index is 10.5. The first kappa shape index (κ1) is 14.7. The van der Waals surface area contributed by atoms with Crippen molar-refractivity contribution in [2.24, 2.45) is 5.73 Å². The van der Waals surface area contributed by atoms with Gasteiger partial charge >= 0.3 is 0 Å². The molecule has 13 heavy (non-hydrogen) atoms. The molecule has 0 saturated heterocycles. The Balaban J connectivity index is 0. The van der Waals surface area contributed by atoms with Gasteiger partial charge in [-0.05, 0) is 6.42 Å². The standard InChI is InChI=1S/C7H11N2O3.Zn/c1-5(11)9-6(4-10)2-3-7(8)12;/h6H,2-3H2,1H3,(H2,8,12)(H,9,11);/q-1;. The van der Waals surface area contributed by atoms with Crippen molar-refractivity contribution in [1.82, 2.24) is 5.32 Å². The zero-order valence-corrected chi connectivity index (χ0v) is 10.5. The smallest absolute Gasteiger partial charge is 0.217 e. The molecule has 6 heteroatoms. The van der Waals surface area contributed by atoms with Crippen molar-refractivity contribution in [3.05, 3.63) is 0 Å². The Hall–Kier alpha value is -0.767. The van der Waals surface area contributed by atoms with Crippen molar-refractivity contribution in [3.8, 4) is 0 Å². The number of hydrogen-bond donors (Lipinski definition) is 2. The van der Waals surface area contributed by atoms with Gasteiger partial charge in [0.2, 0.25) is 11.8 Å². The third-order valence-corrected chi connectivity index (χ3v) is 1.20. The van der Waals surface area contributed by atoms with Crippen molar-refractivity contribution >= 4 is 18.1 Å².